The third-order valence-corrected chi connectivity index (χ3v) is 13.6. The van der Waals surface area contributed by atoms with Gasteiger partial charge in [-0.2, -0.15) is 0 Å². The van der Waals surface area contributed by atoms with Crippen molar-refractivity contribution in [2.45, 2.75) is 168 Å². The molecule has 0 bridgehead atoms. The minimum Gasteiger partial charge on any atom is -0.461 e. The van der Waals surface area contributed by atoms with Gasteiger partial charge in [-0.15, -0.1) is 0 Å². The van der Waals surface area contributed by atoms with Crippen molar-refractivity contribution in [1.29, 1.82) is 0 Å². The first kappa shape index (κ1) is 52.4. The number of esters is 2. The third kappa shape index (κ3) is 13.8. The van der Waals surface area contributed by atoms with Crippen LogP contribution in [0, 0.1) is 17.8 Å². The molecule has 0 aromatic rings. The average Bonchev–Trinajstić information content (AvgIpc) is 3.21. The first-order chi connectivity index (χ1) is 28.1. The molecule has 0 saturated carbocycles. The van der Waals surface area contributed by atoms with E-state index in [9.17, 15) is 29.7 Å². The lowest BCUT2D eigenvalue weighted by molar-refractivity contribution is -0.301. The highest BCUT2D eigenvalue weighted by atomic mass is 16.7. The molecular weight excluding hydrogens is 775 g/mol. The molecule has 0 aliphatic carbocycles. The van der Waals surface area contributed by atoms with Crippen molar-refractivity contribution >= 4 is 17.8 Å². The lowest BCUT2D eigenvalue weighted by Gasteiger charge is -2.48. The fourth-order valence-electron chi connectivity index (χ4n) is 9.37. The number of ether oxygens (including phenoxy) is 5. The number of nitrogens with zero attached hydrogens (tertiary/aromatic N) is 4. The first-order valence-corrected chi connectivity index (χ1v) is 22.6. The predicted octanol–water partition coefficient (Wildman–Crippen LogP) is 2.10. The molecule has 3 rings (SSSR count). The van der Waals surface area contributed by atoms with E-state index in [0.717, 1.165) is 58.8 Å². The summed E-state index contributed by atoms with van der Waals surface area (Å²) in [5.74, 6) is -4.23. The number of hydrogen-bond acceptors (Lipinski definition) is 15. The van der Waals surface area contributed by atoms with Gasteiger partial charge < -0.3 is 63.9 Å². The molecule has 0 aromatic heterocycles. The smallest absolute Gasteiger partial charge is 0.312 e. The number of nitrogens with one attached hydrogen (secondary N) is 1. The van der Waals surface area contributed by atoms with Crippen molar-refractivity contribution < 1.29 is 53.4 Å². The van der Waals surface area contributed by atoms with Crippen molar-refractivity contribution in [3.8, 4) is 0 Å². The monoisotopic (exact) mass is 858 g/mol. The summed E-state index contributed by atoms with van der Waals surface area (Å²) in [7, 11) is 5.26. The van der Waals surface area contributed by atoms with Crippen molar-refractivity contribution in [3.05, 3.63) is 0 Å². The molecule has 3 aliphatic rings. The van der Waals surface area contributed by atoms with Gasteiger partial charge in [0.15, 0.2) is 6.29 Å². The van der Waals surface area contributed by atoms with Crippen LogP contribution in [-0.2, 0) is 38.1 Å². The maximum absolute atomic E-state index is 14.2. The predicted molar refractivity (Wildman–Crippen MR) is 229 cm³/mol. The molecule has 0 unspecified atom stereocenters. The van der Waals surface area contributed by atoms with E-state index < -0.39 is 89.7 Å². The number of aliphatic hydroxyl groups excluding tert-OH is 2. The number of aliphatic hydroxyl groups is 3. The van der Waals surface area contributed by atoms with Crippen molar-refractivity contribution in [1.82, 2.24) is 24.9 Å². The Morgan fingerprint density at radius 3 is 2.12 bits per heavy atom. The Kier molecular flexibility index (Phi) is 20.6. The van der Waals surface area contributed by atoms with Crippen LogP contribution in [-0.4, -0.2) is 199 Å². The molecule has 3 fully saturated rings. The normalized spacial score (nSPS) is 38.6. The van der Waals surface area contributed by atoms with Crippen LogP contribution in [0.5, 0.6) is 0 Å². The van der Waals surface area contributed by atoms with E-state index in [1.54, 1.807) is 41.5 Å². The largest absolute Gasteiger partial charge is 0.461 e. The summed E-state index contributed by atoms with van der Waals surface area (Å²) >= 11 is 0. The number of cyclic esters (lactones) is 1. The average molecular weight is 858 g/mol. The molecule has 14 atom stereocenters. The minimum atomic E-state index is -1.95. The van der Waals surface area contributed by atoms with Gasteiger partial charge in [-0.25, -0.2) is 0 Å². The molecule has 3 heterocycles. The SMILES string of the molecule is CC[C@H]1OC(=O)[C@H](C)[C@@H](OC(=O)CCN2CCN(CCCN(CC)CC)CC2)[C@H](C)[C@@H](O[C@@H]2O[C@H](C)C[C@H](N(C)C)[C@H]2O)[C@](C)(OC)C[C@@H](C)C(=O)N[C@H](C)[C@@H](O)[C@]1(C)O. The molecule has 0 aromatic carbocycles. The summed E-state index contributed by atoms with van der Waals surface area (Å²) in [6, 6.07) is -1.21. The molecule has 0 spiro atoms. The zero-order chi connectivity index (χ0) is 45.1. The number of amides is 1. The van der Waals surface area contributed by atoms with Crippen molar-refractivity contribution in [2.24, 2.45) is 17.8 Å². The fourth-order valence-corrected chi connectivity index (χ4v) is 9.37. The maximum atomic E-state index is 14.2. The molecule has 16 nitrogen and oxygen atoms in total. The van der Waals surface area contributed by atoms with Gasteiger partial charge >= 0.3 is 11.9 Å². The molecule has 3 saturated heterocycles. The lowest BCUT2D eigenvalue weighted by Crippen LogP contribution is -2.60. The first-order valence-electron chi connectivity index (χ1n) is 22.6. The Morgan fingerprint density at radius 2 is 1.57 bits per heavy atom. The van der Waals surface area contributed by atoms with E-state index in [-0.39, 0.29) is 31.4 Å². The van der Waals surface area contributed by atoms with E-state index in [1.807, 2.05) is 25.9 Å². The summed E-state index contributed by atoms with van der Waals surface area (Å²) in [5.41, 5.74) is -3.22. The fraction of sp³-hybridized carbons (Fsp3) is 0.932. The molecule has 3 aliphatic heterocycles. The van der Waals surface area contributed by atoms with Crippen molar-refractivity contribution in [2.75, 3.05) is 80.1 Å². The van der Waals surface area contributed by atoms with Crippen LogP contribution in [0.1, 0.15) is 101 Å². The summed E-state index contributed by atoms with van der Waals surface area (Å²) in [6.07, 6.45) is -5.28. The second-order valence-corrected chi connectivity index (χ2v) is 18.5. The van der Waals surface area contributed by atoms with Gasteiger partial charge in [0.1, 0.15) is 30.0 Å². The highest BCUT2D eigenvalue weighted by Crippen LogP contribution is 2.39. The quantitative estimate of drug-likeness (QED) is 0.176. The third-order valence-electron chi connectivity index (χ3n) is 13.6. The number of piperazine rings is 1. The maximum Gasteiger partial charge on any atom is 0.312 e. The van der Waals surface area contributed by atoms with Crippen LogP contribution in [0.3, 0.4) is 0 Å². The highest BCUT2D eigenvalue weighted by molar-refractivity contribution is 5.79. The summed E-state index contributed by atoms with van der Waals surface area (Å²) in [4.78, 5) is 51.0. The molecule has 4 N–H and O–H groups in total. The number of methoxy groups -OCH3 is 1. The van der Waals surface area contributed by atoms with E-state index in [1.165, 1.54) is 14.0 Å². The van der Waals surface area contributed by atoms with Crippen LogP contribution < -0.4 is 5.32 Å². The van der Waals surface area contributed by atoms with E-state index in [2.05, 4.69) is 33.9 Å². The van der Waals surface area contributed by atoms with Gasteiger partial charge in [0, 0.05) is 57.7 Å². The molecule has 60 heavy (non-hydrogen) atoms. The van der Waals surface area contributed by atoms with E-state index >= 15 is 0 Å². The highest BCUT2D eigenvalue weighted by Gasteiger charge is 2.52. The van der Waals surface area contributed by atoms with Crippen molar-refractivity contribution in [3.63, 3.8) is 0 Å². The number of rotatable bonds is 15. The summed E-state index contributed by atoms with van der Waals surface area (Å²) < 4.78 is 31.6. The van der Waals surface area contributed by atoms with Gasteiger partial charge in [0.2, 0.25) is 5.91 Å². The second-order valence-electron chi connectivity index (χ2n) is 18.5. The van der Waals surface area contributed by atoms with Gasteiger partial charge in [-0.1, -0.05) is 34.6 Å². The second kappa shape index (κ2) is 23.6. The number of hydrogen-bond donors (Lipinski definition) is 4. The van der Waals surface area contributed by atoms with E-state index in [0.29, 0.717) is 13.0 Å². The Balaban J connectivity index is 1.98. The van der Waals surface area contributed by atoms with Crippen LogP contribution in [0.2, 0.25) is 0 Å². The Labute approximate surface area is 360 Å². The summed E-state index contributed by atoms with van der Waals surface area (Å²) in [6.45, 7) is 26.1. The van der Waals surface area contributed by atoms with Gasteiger partial charge in [-0.3, -0.25) is 14.4 Å². The summed E-state index contributed by atoms with van der Waals surface area (Å²) in [5, 5.41) is 37.5. The minimum absolute atomic E-state index is 0.0834. The zero-order valence-electron chi connectivity index (χ0n) is 39.2. The number of carbonyl (C=O) groups excluding carboxylic acids is 3. The zero-order valence-corrected chi connectivity index (χ0v) is 39.2. The van der Waals surface area contributed by atoms with Crippen LogP contribution in [0.15, 0.2) is 0 Å². The Morgan fingerprint density at radius 1 is 0.967 bits per heavy atom. The topological polar surface area (TPSA) is 183 Å². The van der Waals surface area contributed by atoms with Gasteiger partial charge in [-0.05, 0) is 101 Å². The Bertz CT molecular complexity index is 1330. The number of likely N-dealkylation sites (N-methyl/N-ethyl adjacent to an activating group) is 1. The van der Waals surface area contributed by atoms with Crippen LogP contribution in [0.25, 0.3) is 0 Å². The lowest BCUT2D eigenvalue weighted by atomic mass is 9.77. The van der Waals surface area contributed by atoms with Gasteiger partial charge in [0.05, 0.1) is 36.2 Å². The van der Waals surface area contributed by atoms with Gasteiger partial charge in [0.25, 0.3) is 0 Å². The Hall–Kier alpha value is -1.99. The molecule has 350 valence electrons. The van der Waals surface area contributed by atoms with Crippen LogP contribution in [0.4, 0.5) is 0 Å². The molecule has 0 radical (unpaired) electrons. The number of carbonyl (C=O) groups is 3. The molecular formula is C44H83N5O11. The molecule has 1 amide bonds. The molecule has 16 heteroatoms. The van der Waals surface area contributed by atoms with E-state index in [4.69, 9.17) is 23.7 Å². The van der Waals surface area contributed by atoms with Crippen LogP contribution >= 0.6 is 0 Å². The standard InChI is InChI=1S/C44H83N5O11/c1-14-34-44(10,55)38(52)32(8)45-40(53)28(4)27-43(9,56-13)39(60-42-36(51)33(46(11)12)26-29(5)57-42)30(6)37(31(7)41(54)58-34)59-35(50)18-21-49-24-22-48(23-25-49)20-17-19-47(15-2)16-3/h28-34,36-39,42,51-52,55H,14-27H2,1-13H3,(H,45,53)/t28-,29-,30+,31-,32-,33+,34-,36-,37+,38-,39-,42+,43-,44-/m1/s1.